The number of fused-ring (bicyclic) bond motifs is 2. The van der Waals surface area contributed by atoms with E-state index in [0.717, 1.165) is 10.9 Å². The fraction of sp³-hybridized carbons (Fsp3) is 0.636. The number of hydrogen-bond donors (Lipinski definition) is 1. The molecule has 4 unspecified atom stereocenters. The van der Waals surface area contributed by atoms with Gasteiger partial charge in [0.25, 0.3) is 0 Å². The van der Waals surface area contributed by atoms with Crippen molar-refractivity contribution in [1.82, 2.24) is 0 Å². The average Bonchev–Trinajstić information content (AvgIpc) is 2.91. The zero-order chi connectivity index (χ0) is 10.4. The van der Waals surface area contributed by atoms with E-state index in [2.05, 4.69) is 26.7 Å². The lowest BCUT2D eigenvalue weighted by Crippen LogP contribution is -2.29. The molecule has 0 aromatic carbocycles. The van der Waals surface area contributed by atoms with Crippen molar-refractivity contribution in [3.05, 3.63) is 20.8 Å². The van der Waals surface area contributed by atoms with Crippen LogP contribution >= 0.6 is 27.3 Å². The minimum Gasteiger partial charge on any atom is -0.375 e. The largest absolute Gasteiger partial charge is 0.375 e. The fourth-order valence-electron chi connectivity index (χ4n) is 2.81. The van der Waals surface area contributed by atoms with Crippen molar-refractivity contribution < 1.29 is 4.74 Å². The Kier molecular flexibility index (Phi) is 2.63. The SMILES string of the molecule is NC(c1cscc1Br)C1CC2CCC1O2. The molecule has 82 valence electrons. The van der Waals surface area contributed by atoms with Gasteiger partial charge in [0.1, 0.15) is 0 Å². The van der Waals surface area contributed by atoms with Gasteiger partial charge in [-0.05, 0) is 46.1 Å². The third kappa shape index (κ3) is 1.68. The maximum atomic E-state index is 6.33. The van der Waals surface area contributed by atoms with Crippen molar-refractivity contribution in [3.8, 4) is 0 Å². The van der Waals surface area contributed by atoms with Gasteiger partial charge in [-0.25, -0.2) is 0 Å². The van der Waals surface area contributed by atoms with E-state index in [1.54, 1.807) is 11.3 Å². The summed E-state index contributed by atoms with van der Waals surface area (Å²) in [5, 5.41) is 4.25. The summed E-state index contributed by atoms with van der Waals surface area (Å²) in [6.45, 7) is 0. The average molecular weight is 288 g/mol. The summed E-state index contributed by atoms with van der Waals surface area (Å²) >= 11 is 5.26. The van der Waals surface area contributed by atoms with E-state index in [4.69, 9.17) is 10.5 Å². The van der Waals surface area contributed by atoms with Gasteiger partial charge in [-0.15, -0.1) is 0 Å². The first-order valence-corrected chi connectivity index (χ1v) is 7.12. The van der Waals surface area contributed by atoms with E-state index in [0.29, 0.717) is 18.1 Å². The lowest BCUT2D eigenvalue weighted by atomic mass is 9.82. The number of hydrogen-bond acceptors (Lipinski definition) is 3. The Hall–Kier alpha value is 0.1000. The van der Waals surface area contributed by atoms with Crippen LogP contribution < -0.4 is 5.73 Å². The topological polar surface area (TPSA) is 35.2 Å². The molecule has 1 aromatic heterocycles. The zero-order valence-electron chi connectivity index (χ0n) is 8.36. The minimum absolute atomic E-state index is 0.140. The molecule has 1 aromatic rings. The quantitative estimate of drug-likeness (QED) is 0.907. The van der Waals surface area contributed by atoms with Crippen molar-refractivity contribution in [3.63, 3.8) is 0 Å². The van der Waals surface area contributed by atoms with Crippen LogP contribution in [0.2, 0.25) is 0 Å². The molecular weight excluding hydrogens is 274 g/mol. The van der Waals surface area contributed by atoms with E-state index in [1.807, 2.05) is 0 Å². The van der Waals surface area contributed by atoms with Crippen LogP contribution in [-0.2, 0) is 4.74 Å². The second-order valence-corrected chi connectivity index (χ2v) is 6.07. The van der Waals surface area contributed by atoms with Crippen molar-refractivity contribution >= 4 is 27.3 Å². The first kappa shape index (κ1) is 10.3. The molecule has 2 aliphatic rings. The Morgan fingerprint density at radius 2 is 2.33 bits per heavy atom. The Morgan fingerprint density at radius 1 is 1.47 bits per heavy atom. The molecule has 0 amide bonds. The second-order valence-electron chi connectivity index (χ2n) is 4.47. The van der Waals surface area contributed by atoms with Crippen LogP contribution in [0.25, 0.3) is 0 Å². The summed E-state index contributed by atoms with van der Waals surface area (Å²) < 4.78 is 7.01. The zero-order valence-corrected chi connectivity index (χ0v) is 10.8. The van der Waals surface area contributed by atoms with Crippen LogP contribution in [-0.4, -0.2) is 12.2 Å². The maximum Gasteiger partial charge on any atom is 0.0627 e. The summed E-state index contributed by atoms with van der Waals surface area (Å²) in [7, 11) is 0. The number of nitrogens with two attached hydrogens (primary N) is 1. The molecule has 0 saturated carbocycles. The van der Waals surface area contributed by atoms with Gasteiger partial charge in [-0.1, -0.05) is 0 Å². The summed E-state index contributed by atoms with van der Waals surface area (Å²) in [6.07, 6.45) is 4.48. The number of rotatable bonds is 2. The van der Waals surface area contributed by atoms with Crippen molar-refractivity contribution in [2.45, 2.75) is 37.5 Å². The third-order valence-electron chi connectivity index (χ3n) is 3.62. The van der Waals surface area contributed by atoms with Crippen LogP contribution in [0.15, 0.2) is 15.2 Å². The highest BCUT2D eigenvalue weighted by molar-refractivity contribution is 9.10. The standard InChI is InChI=1S/C11H14BrNOS/c12-9-5-15-4-8(9)11(13)7-3-6-1-2-10(7)14-6/h4-7,10-11H,1-3,13H2. The van der Waals surface area contributed by atoms with Crippen molar-refractivity contribution in [2.24, 2.45) is 11.7 Å². The molecule has 0 radical (unpaired) electrons. The van der Waals surface area contributed by atoms with Crippen LogP contribution in [0.1, 0.15) is 30.9 Å². The molecule has 0 aliphatic carbocycles. The van der Waals surface area contributed by atoms with Gasteiger partial charge in [0.15, 0.2) is 0 Å². The van der Waals surface area contributed by atoms with Gasteiger partial charge in [0.05, 0.1) is 12.2 Å². The van der Waals surface area contributed by atoms with E-state index >= 15 is 0 Å². The first-order chi connectivity index (χ1) is 7.25. The minimum atomic E-state index is 0.140. The third-order valence-corrected chi connectivity index (χ3v) is 5.37. The fourth-order valence-corrected chi connectivity index (χ4v) is 4.42. The normalized spacial score (nSPS) is 36.0. The molecule has 4 atom stereocenters. The number of thiophene rings is 1. The molecule has 2 fully saturated rings. The molecule has 2 aliphatic heterocycles. The summed E-state index contributed by atoms with van der Waals surface area (Å²) in [5.41, 5.74) is 7.58. The Balaban J connectivity index is 1.81. The molecule has 2 nitrogen and oxygen atoms in total. The summed E-state index contributed by atoms with van der Waals surface area (Å²) in [6, 6.07) is 0.140. The summed E-state index contributed by atoms with van der Waals surface area (Å²) in [5.74, 6) is 0.523. The van der Waals surface area contributed by atoms with Gasteiger partial charge in [-0.2, -0.15) is 11.3 Å². The molecule has 15 heavy (non-hydrogen) atoms. The monoisotopic (exact) mass is 287 g/mol. The molecule has 0 spiro atoms. The van der Waals surface area contributed by atoms with Crippen molar-refractivity contribution in [1.29, 1.82) is 0 Å². The van der Waals surface area contributed by atoms with Gasteiger partial charge in [0, 0.05) is 21.8 Å². The predicted molar refractivity (Wildman–Crippen MR) is 64.9 cm³/mol. The number of halogens is 1. The molecule has 3 heterocycles. The Morgan fingerprint density at radius 3 is 2.87 bits per heavy atom. The molecule has 4 heteroatoms. The predicted octanol–water partition coefficient (Wildman–Crippen LogP) is 3.08. The van der Waals surface area contributed by atoms with Crippen molar-refractivity contribution in [2.75, 3.05) is 0 Å². The van der Waals surface area contributed by atoms with E-state index in [9.17, 15) is 0 Å². The molecule has 2 saturated heterocycles. The number of ether oxygens (including phenoxy) is 1. The van der Waals surface area contributed by atoms with Gasteiger partial charge in [0.2, 0.25) is 0 Å². The van der Waals surface area contributed by atoms with E-state index < -0.39 is 0 Å². The van der Waals surface area contributed by atoms with Gasteiger partial charge in [-0.3, -0.25) is 0 Å². The molecule has 2 bridgehead atoms. The smallest absolute Gasteiger partial charge is 0.0627 e. The van der Waals surface area contributed by atoms with Crippen LogP contribution in [0, 0.1) is 5.92 Å². The Labute approximate surface area is 102 Å². The summed E-state index contributed by atoms with van der Waals surface area (Å²) in [4.78, 5) is 0. The lowest BCUT2D eigenvalue weighted by molar-refractivity contribution is 0.0884. The van der Waals surface area contributed by atoms with Gasteiger partial charge >= 0.3 is 0 Å². The molecular formula is C11H14BrNOS. The molecule has 3 rings (SSSR count). The highest BCUT2D eigenvalue weighted by atomic mass is 79.9. The van der Waals surface area contributed by atoms with Crippen LogP contribution in [0.4, 0.5) is 0 Å². The van der Waals surface area contributed by atoms with Gasteiger partial charge < -0.3 is 10.5 Å². The first-order valence-electron chi connectivity index (χ1n) is 5.38. The lowest BCUT2D eigenvalue weighted by Gasteiger charge is -2.25. The maximum absolute atomic E-state index is 6.33. The molecule has 2 N–H and O–H groups in total. The van der Waals surface area contributed by atoms with Crippen LogP contribution in [0.3, 0.4) is 0 Å². The Bertz CT molecular complexity index is 367. The second kappa shape index (κ2) is 3.84. The highest BCUT2D eigenvalue weighted by Crippen LogP contribution is 2.45. The van der Waals surface area contributed by atoms with E-state index in [-0.39, 0.29) is 6.04 Å². The van der Waals surface area contributed by atoms with E-state index in [1.165, 1.54) is 18.4 Å². The van der Waals surface area contributed by atoms with Crippen LogP contribution in [0.5, 0.6) is 0 Å². The highest BCUT2D eigenvalue weighted by Gasteiger charge is 2.44.